The maximum absolute atomic E-state index is 2.94. The van der Waals surface area contributed by atoms with E-state index >= 15 is 0 Å². The Bertz CT molecular complexity index is 218. The van der Waals surface area contributed by atoms with E-state index < -0.39 is 0 Å². The van der Waals surface area contributed by atoms with E-state index in [1.54, 1.807) is 17.3 Å². The van der Waals surface area contributed by atoms with Crippen LogP contribution in [0.5, 0.6) is 0 Å². The molecule has 0 amide bonds. The zero-order valence-corrected chi connectivity index (χ0v) is 19.5. The fourth-order valence-corrected chi connectivity index (χ4v) is 8.78. The van der Waals surface area contributed by atoms with Gasteiger partial charge in [0.05, 0.1) is 0 Å². The molecule has 0 nitrogen and oxygen atoms in total. The summed E-state index contributed by atoms with van der Waals surface area (Å²) in [6.07, 6.45) is 21.8. The van der Waals surface area contributed by atoms with Gasteiger partial charge in [-0.3, -0.25) is 0 Å². The summed E-state index contributed by atoms with van der Waals surface area (Å²) in [5.41, 5.74) is 0. The predicted octanol–water partition coefficient (Wildman–Crippen LogP) is 9.05. The molecule has 0 spiro atoms. The molecule has 23 heavy (non-hydrogen) atoms. The minimum atomic E-state index is -0.327. The minimum Gasteiger partial charge on any atom is -0.187 e. The van der Waals surface area contributed by atoms with Crippen molar-refractivity contribution in [1.82, 2.24) is 0 Å². The molecule has 0 saturated heterocycles. The molecule has 0 aliphatic heterocycles. The monoisotopic (exact) mass is 456 g/mol. The summed E-state index contributed by atoms with van der Waals surface area (Å²) in [5, 5.41) is 0. The second kappa shape index (κ2) is 17.9. The Morgan fingerprint density at radius 1 is 0.435 bits per heavy atom. The van der Waals surface area contributed by atoms with Crippen molar-refractivity contribution in [3.05, 3.63) is 0 Å². The molecule has 0 aromatic carbocycles. The van der Waals surface area contributed by atoms with Gasteiger partial charge >= 0.3 is 0 Å². The van der Waals surface area contributed by atoms with E-state index in [0.717, 1.165) is 0 Å². The highest BCUT2D eigenvalue weighted by atomic mass is 127. The Balaban J connectivity index is 3.94. The average Bonchev–Trinajstić information content (AvgIpc) is 2.55. The van der Waals surface area contributed by atoms with Crippen LogP contribution in [0.2, 0.25) is 0 Å². The van der Waals surface area contributed by atoms with Crippen molar-refractivity contribution < 1.29 is 0 Å². The van der Waals surface area contributed by atoms with Gasteiger partial charge in [-0.15, -0.1) is 0 Å². The van der Waals surface area contributed by atoms with Crippen LogP contribution in [-0.2, 0) is 0 Å². The molecule has 0 bridgehead atoms. The molecule has 0 rings (SSSR count). The molecular formula is C21H45IS. The van der Waals surface area contributed by atoms with Crippen molar-refractivity contribution >= 4 is 28.4 Å². The molecule has 0 radical (unpaired) electrons. The molecule has 0 aliphatic rings. The molecule has 0 unspecified atom stereocenters. The highest BCUT2D eigenvalue weighted by Crippen LogP contribution is 2.58. The summed E-state index contributed by atoms with van der Waals surface area (Å²) >= 11 is 2.94. The van der Waals surface area contributed by atoms with Gasteiger partial charge in [0, 0.05) is 0 Å². The summed E-state index contributed by atoms with van der Waals surface area (Å²) in [6.45, 7) is 6.96. The Morgan fingerprint density at radius 2 is 0.696 bits per heavy atom. The summed E-state index contributed by atoms with van der Waals surface area (Å²) in [5.74, 6) is 4.66. The maximum Gasteiger partial charge on any atom is -0.0144 e. The standard InChI is InChI=1S/C21H45IS/c1-4-7-10-13-14-15-18-21-23(22,19-16-11-8-5-2)20-17-12-9-6-3/h4-21H2,1-3H3. The Hall–Kier alpha value is 1.08. The lowest BCUT2D eigenvalue weighted by Crippen LogP contribution is -2.08. The molecule has 0 aromatic rings. The van der Waals surface area contributed by atoms with Crippen LogP contribution in [0.1, 0.15) is 117 Å². The molecule has 0 heterocycles. The van der Waals surface area contributed by atoms with Crippen molar-refractivity contribution in [3.63, 3.8) is 0 Å². The normalized spacial score (nSPS) is 12.7. The molecule has 0 aromatic heterocycles. The summed E-state index contributed by atoms with van der Waals surface area (Å²) in [6, 6.07) is 0. The second-order valence-corrected chi connectivity index (χ2v) is 16.0. The van der Waals surface area contributed by atoms with Gasteiger partial charge < -0.3 is 0 Å². The topological polar surface area (TPSA) is 0 Å². The summed E-state index contributed by atoms with van der Waals surface area (Å²) < 4.78 is 0. The van der Waals surface area contributed by atoms with Crippen LogP contribution in [0.4, 0.5) is 0 Å². The maximum atomic E-state index is 2.94. The molecule has 2 heteroatoms. The van der Waals surface area contributed by atoms with Gasteiger partial charge in [0.15, 0.2) is 0 Å². The highest BCUT2D eigenvalue weighted by molar-refractivity contribution is 14.2. The minimum absolute atomic E-state index is 0.327. The van der Waals surface area contributed by atoms with Crippen molar-refractivity contribution in [2.24, 2.45) is 0 Å². The average molecular weight is 457 g/mol. The fraction of sp³-hybridized carbons (Fsp3) is 1.00. The zero-order chi connectivity index (χ0) is 17.2. The van der Waals surface area contributed by atoms with Gasteiger partial charge in [-0.25, -0.2) is 0 Å². The predicted molar refractivity (Wildman–Crippen MR) is 122 cm³/mol. The Labute approximate surface area is 162 Å². The van der Waals surface area contributed by atoms with Crippen LogP contribution in [-0.4, -0.2) is 17.3 Å². The van der Waals surface area contributed by atoms with Gasteiger partial charge in [0.1, 0.15) is 0 Å². The largest absolute Gasteiger partial charge is 0.187 e. The van der Waals surface area contributed by atoms with Crippen molar-refractivity contribution in [2.75, 3.05) is 17.3 Å². The molecular weight excluding hydrogens is 411 g/mol. The third kappa shape index (κ3) is 16.3. The van der Waals surface area contributed by atoms with E-state index in [2.05, 4.69) is 42.0 Å². The van der Waals surface area contributed by atoms with Crippen LogP contribution >= 0.6 is 28.4 Å². The SMILES string of the molecule is CCCCCCCCCS(I)(CCCCCC)CCCCCC. The lowest BCUT2D eigenvalue weighted by atomic mass is 10.1. The molecule has 0 fully saturated rings. The number of hydrogen-bond donors (Lipinski definition) is 0. The highest BCUT2D eigenvalue weighted by Gasteiger charge is 2.19. The van der Waals surface area contributed by atoms with Gasteiger partial charge in [-0.2, -0.15) is 7.20 Å². The molecule has 0 saturated carbocycles. The molecule has 0 N–H and O–H groups in total. The number of halogens is 1. The van der Waals surface area contributed by atoms with Crippen molar-refractivity contribution in [1.29, 1.82) is 0 Å². The Morgan fingerprint density at radius 3 is 1.04 bits per heavy atom. The summed E-state index contributed by atoms with van der Waals surface area (Å²) in [4.78, 5) is 0. The van der Waals surface area contributed by atoms with Crippen LogP contribution in [0.25, 0.3) is 0 Å². The van der Waals surface area contributed by atoms with Crippen molar-refractivity contribution in [3.8, 4) is 0 Å². The third-order valence-electron chi connectivity index (χ3n) is 4.84. The Kier molecular flexibility index (Phi) is 18.7. The smallest absolute Gasteiger partial charge is 0.0144 e. The number of unbranched alkanes of at least 4 members (excludes halogenated alkanes) is 12. The number of hydrogen-bond acceptors (Lipinski definition) is 0. The van der Waals surface area contributed by atoms with Crippen LogP contribution < -0.4 is 0 Å². The van der Waals surface area contributed by atoms with Crippen molar-refractivity contribution in [2.45, 2.75) is 117 Å². The van der Waals surface area contributed by atoms with E-state index in [4.69, 9.17) is 0 Å². The first-order chi connectivity index (χ1) is 11.2. The first kappa shape index (κ1) is 24.1. The lowest BCUT2D eigenvalue weighted by molar-refractivity contribution is 0.603. The van der Waals surface area contributed by atoms with E-state index in [1.165, 1.54) is 96.3 Å². The van der Waals surface area contributed by atoms with Gasteiger partial charge in [-0.1, -0.05) is 97.8 Å². The van der Waals surface area contributed by atoms with Gasteiger partial charge in [0.2, 0.25) is 0 Å². The van der Waals surface area contributed by atoms with E-state index in [1.807, 2.05) is 0 Å². The first-order valence-corrected chi connectivity index (χ1v) is 15.3. The molecule has 142 valence electrons. The van der Waals surface area contributed by atoms with Gasteiger partial charge in [-0.05, 0) is 57.7 Å². The van der Waals surface area contributed by atoms with E-state index in [-0.39, 0.29) is 7.20 Å². The molecule has 0 atom stereocenters. The van der Waals surface area contributed by atoms with Crippen LogP contribution in [0.3, 0.4) is 0 Å². The third-order valence-corrected chi connectivity index (χ3v) is 11.9. The van der Waals surface area contributed by atoms with E-state index in [0.29, 0.717) is 0 Å². The van der Waals surface area contributed by atoms with Crippen LogP contribution in [0.15, 0.2) is 0 Å². The quantitative estimate of drug-likeness (QED) is 0.143. The van der Waals surface area contributed by atoms with Crippen LogP contribution in [0, 0.1) is 0 Å². The summed E-state index contributed by atoms with van der Waals surface area (Å²) in [7, 11) is -0.327. The lowest BCUT2D eigenvalue weighted by Gasteiger charge is -2.34. The van der Waals surface area contributed by atoms with Gasteiger partial charge in [0.25, 0.3) is 0 Å². The zero-order valence-electron chi connectivity index (χ0n) is 16.5. The van der Waals surface area contributed by atoms with E-state index in [9.17, 15) is 0 Å². The second-order valence-electron chi connectivity index (χ2n) is 7.29. The number of rotatable bonds is 18. The first-order valence-electron chi connectivity index (χ1n) is 10.6. The molecule has 0 aliphatic carbocycles. The fourth-order valence-electron chi connectivity index (χ4n) is 3.20.